The highest BCUT2D eigenvalue weighted by atomic mass is 32.2. The predicted molar refractivity (Wildman–Crippen MR) is 86.0 cm³/mol. The summed E-state index contributed by atoms with van der Waals surface area (Å²) < 4.78 is 0. The van der Waals surface area contributed by atoms with Gasteiger partial charge in [0.15, 0.2) is 5.65 Å². The van der Waals surface area contributed by atoms with Gasteiger partial charge in [0.25, 0.3) is 5.91 Å². The van der Waals surface area contributed by atoms with Gasteiger partial charge in [0.2, 0.25) is 5.91 Å². The van der Waals surface area contributed by atoms with E-state index in [9.17, 15) is 9.59 Å². The number of H-pyrrole nitrogens is 1. The molecule has 0 bridgehead atoms. The van der Waals surface area contributed by atoms with Crippen molar-refractivity contribution in [3.05, 3.63) is 42.5 Å². The quantitative estimate of drug-likeness (QED) is 0.477. The van der Waals surface area contributed by atoms with Gasteiger partial charge < -0.3 is 16.0 Å². The maximum Gasteiger partial charge on any atom is 0.250 e. The minimum atomic E-state index is -0.594. The molecule has 0 saturated carbocycles. The van der Waals surface area contributed by atoms with E-state index in [1.54, 1.807) is 24.3 Å². The molecule has 1 aromatic carbocycles. The van der Waals surface area contributed by atoms with Crippen LogP contribution in [0.4, 0.5) is 5.69 Å². The summed E-state index contributed by atoms with van der Waals surface area (Å²) in [5.41, 5.74) is 7.17. The molecule has 2 amide bonds. The van der Waals surface area contributed by atoms with Crippen molar-refractivity contribution in [3.8, 4) is 0 Å². The molecule has 3 aromatic rings. The van der Waals surface area contributed by atoms with Crippen LogP contribution in [-0.4, -0.2) is 37.5 Å². The number of imidazole rings is 1. The Bertz CT molecular complexity index is 878. The number of fused-ring (bicyclic) bond motifs is 1. The Morgan fingerprint density at radius 3 is 2.87 bits per heavy atom. The summed E-state index contributed by atoms with van der Waals surface area (Å²) in [5.74, 6) is -0.739. The Morgan fingerprint density at radius 1 is 1.22 bits per heavy atom. The first-order chi connectivity index (χ1) is 11.1. The monoisotopic (exact) mass is 328 g/mol. The summed E-state index contributed by atoms with van der Waals surface area (Å²) >= 11 is 1.25. The topological polar surface area (TPSA) is 127 Å². The lowest BCUT2D eigenvalue weighted by Crippen LogP contribution is -2.19. The van der Waals surface area contributed by atoms with Crippen molar-refractivity contribution in [2.24, 2.45) is 5.73 Å². The van der Waals surface area contributed by atoms with Crippen LogP contribution in [0.5, 0.6) is 0 Å². The fourth-order valence-corrected chi connectivity index (χ4v) is 2.74. The van der Waals surface area contributed by atoms with Crippen molar-refractivity contribution >= 4 is 40.4 Å². The third-order valence-electron chi connectivity index (χ3n) is 2.99. The number of rotatable bonds is 5. The van der Waals surface area contributed by atoms with Gasteiger partial charge >= 0.3 is 0 Å². The third-order valence-corrected chi connectivity index (χ3v) is 3.98. The second-order valence-electron chi connectivity index (χ2n) is 4.53. The second-order valence-corrected chi connectivity index (χ2v) is 5.49. The van der Waals surface area contributed by atoms with E-state index in [0.717, 1.165) is 0 Å². The first-order valence-electron chi connectivity index (χ1n) is 6.60. The van der Waals surface area contributed by atoms with E-state index in [2.05, 4.69) is 25.3 Å². The van der Waals surface area contributed by atoms with E-state index < -0.39 is 5.91 Å². The molecule has 0 aliphatic rings. The third kappa shape index (κ3) is 3.29. The highest BCUT2D eigenvalue weighted by Gasteiger charge is 2.12. The van der Waals surface area contributed by atoms with Gasteiger partial charge in [-0.1, -0.05) is 23.9 Å². The summed E-state index contributed by atoms with van der Waals surface area (Å²) in [6.45, 7) is 0. The lowest BCUT2D eigenvalue weighted by molar-refractivity contribution is -0.113. The number of carbonyl (C=O) groups excluding carboxylic acids is 2. The van der Waals surface area contributed by atoms with Crippen molar-refractivity contribution in [1.29, 1.82) is 0 Å². The number of nitrogens with two attached hydrogens (primary N) is 1. The maximum atomic E-state index is 12.1. The smallest absolute Gasteiger partial charge is 0.250 e. The Balaban J connectivity index is 1.69. The molecule has 8 nitrogen and oxygen atoms in total. The lowest BCUT2D eigenvalue weighted by atomic mass is 10.1. The Morgan fingerprint density at radius 2 is 2.04 bits per heavy atom. The largest absolute Gasteiger partial charge is 0.366 e. The first kappa shape index (κ1) is 15.0. The Kier molecular flexibility index (Phi) is 4.20. The van der Waals surface area contributed by atoms with Crippen LogP contribution >= 0.6 is 11.8 Å². The zero-order valence-corrected chi connectivity index (χ0v) is 12.6. The molecule has 23 heavy (non-hydrogen) atoms. The number of primary amides is 1. The van der Waals surface area contributed by atoms with Crippen molar-refractivity contribution < 1.29 is 9.59 Å². The number of nitrogens with zero attached hydrogens (tertiary/aromatic N) is 3. The average Bonchev–Trinajstić information content (AvgIpc) is 3.02. The summed E-state index contributed by atoms with van der Waals surface area (Å²) in [5, 5.41) is 3.30. The van der Waals surface area contributed by atoms with E-state index in [1.807, 2.05) is 0 Å². The van der Waals surface area contributed by atoms with Gasteiger partial charge in [0.1, 0.15) is 16.9 Å². The van der Waals surface area contributed by atoms with Crippen LogP contribution in [0.25, 0.3) is 11.2 Å². The fraction of sp³-hybridized carbons (Fsp3) is 0.0714. The minimum Gasteiger partial charge on any atom is -0.366 e. The zero-order chi connectivity index (χ0) is 16.2. The number of nitrogens with one attached hydrogen (secondary N) is 2. The van der Waals surface area contributed by atoms with E-state index in [-0.39, 0.29) is 17.2 Å². The highest BCUT2D eigenvalue weighted by molar-refractivity contribution is 8.00. The van der Waals surface area contributed by atoms with E-state index in [0.29, 0.717) is 21.9 Å². The standard InChI is InChI=1S/C14H12N6O2S/c15-12(22)8-3-1-2-4-9(8)20-10(21)5-23-14-11-13(17-6-16-11)18-7-19-14/h1-4,6-7H,5H2,(H2,15,22)(H,20,21)(H,16,17,18,19). The average molecular weight is 328 g/mol. The summed E-state index contributed by atoms with van der Waals surface area (Å²) in [7, 11) is 0. The molecular formula is C14H12N6O2S. The molecule has 2 heterocycles. The molecule has 2 aromatic heterocycles. The normalized spacial score (nSPS) is 10.6. The molecule has 0 aliphatic heterocycles. The van der Waals surface area contributed by atoms with Gasteiger partial charge in [-0.05, 0) is 12.1 Å². The van der Waals surface area contributed by atoms with Crippen LogP contribution in [0.1, 0.15) is 10.4 Å². The summed E-state index contributed by atoms with van der Waals surface area (Å²) in [4.78, 5) is 38.5. The number of aromatic nitrogens is 4. The number of aromatic amines is 1. The van der Waals surface area contributed by atoms with E-state index in [4.69, 9.17) is 5.73 Å². The molecule has 0 radical (unpaired) electrons. The molecule has 116 valence electrons. The van der Waals surface area contributed by atoms with Gasteiger partial charge in [-0.25, -0.2) is 15.0 Å². The number of benzene rings is 1. The molecule has 0 spiro atoms. The first-order valence-corrected chi connectivity index (χ1v) is 7.59. The Hall–Kier alpha value is -2.94. The molecule has 3 rings (SSSR count). The minimum absolute atomic E-state index is 0.123. The molecule has 0 fully saturated rings. The second kappa shape index (κ2) is 6.44. The van der Waals surface area contributed by atoms with Crippen molar-refractivity contribution in [2.45, 2.75) is 5.03 Å². The van der Waals surface area contributed by atoms with Crippen LogP contribution in [0, 0.1) is 0 Å². The van der Waals surface area contributed by atoms with Gasteiger partial charge in [-0.15, -0.1) is 0 Å². The van der Waals surface area contributed by atoms with E-state index in [1.165, 1.54) is 24.4 Å². The number of hydrogen-bond acceptors (Lipinski definition) is 6. The molecule has 4 N–H and O–H groups in total. The fourth-order valence-electron chi connectivity index (χ4n) is 1.98. The van der Waals surface area contributed by atoms with Crippen LogP contribution in [0.3, 0.4) is 0 Å². The van der Waals surface area contributed by atoms with Crippen LogP contribution < -0.4 is 11.1 Å². The highest BCUT2D eigenvalue weighted by Crippen LogP contribution is 2.22. The van der Waals surface area contributed by atoms with Gasteiger partial charge in [-0.3, -0.25) is 9.59 Å². The van der Waals surface area contributed by atoms with Crippen LogP contribution in [0.2, 0.25) is 0 Å². The number of para-hydroxylation sites is 1. The van der Waals surface area contributed by atoms with E-state index >= 15 is 0 Å². The molecule has 9 heteroatoms. The number of thioether (sulfide) groups is 1. The molecule has 0 aliphatic carbocycles. The van der Waals surface area contributed by atoms with Crippen LogP contribution in [0.15, 0.2) is 41.9 Å². The summed E-state index contributed by atoms with van der Waals surface area (Å²) in [6.07, 6.45) is 2.92. The van der Waals surface area contributed by atoms with Gasteiger partial charge in [-0.2, -0.15) is 0 Å². The van der Waals surface area contributed by atoms with Gasteiger partial charge in [0, 0.05) is 0 Å². The van der Waals surface area contributed by atoms with Crippen LogP contribution in [-0.2, 0) is 4.79 Å². The van der Waals surface area contributed by atoms with Crippen molar-refractivity contribution in [1.82, 2.24) is 19.9 Å². The number of hydrogen-bond donors (Lipinski definition) is 3. The number of carbonyl (C=O) groups is 2. The number of amides is 2. The zero-order valence-electron chi connectivity index (χ0n) is 11.8. The number of anilines is 1. The molecule has 0 unspecified atom stereocenters. The molecule has 0 atom stereocenters. The van der Waals surface area contributed by atoms with Gasteiger partial charge in [0.05, 0.1) is 23.3 Å². The molecule has 0 saturated heterocycles. The lowest BCUT2D eigenvalue weighted by Gasteiger charge is -2.08. The van der Waals surface area contributed by atoms with Crippen molar-refractivity contribution in [2.75, 3.05) is 11.1 Å². The Labute approximate surface area is 134 Å². The SMILES string of the molecule is NC(=O)c1ccccc1NC(=O)CSc1ncnc2nc[nH]c12. The maximum absolute atomic E-state index is 12.1. The summed E-state index contributed by atoms with van der Waals surface area (Å²) in [6, 6.07) is 6.58. The predicted octanol–water partition coefficient (Wildman–Crippen LogP) is 1.18. The van der Waals surface area contributed by atoms with Crippen molar-refractivity contribution in [3.63, 3.8) is 0 Å². The molecular weight excluding hydrogens is 316 g/mol.